The Kier molecular flexibility index (Phi) is 34.6. The molecule has 0 rings (SSSR count). The minimum Gasteiger partial charge on any atom is -0.515 e. The van der Waals surface area contributed by atoms with Crippen LogP contribution in [0.3, 0.4) is 0 Å². The van der Waals surface area contributed by atoms with Crippen molar-refractivity contribution in [2.45, 2.75) is 0 Å². The first kappa shape index (κ1) is 16.5. The summed E-state index contributed by atoms with van der Waals surface area (Å²) in [5, 5.41) is 15.3. The van der Waals surface area contributed by atoms with Gasteiger partial charge in [0.25, 0.3) is 0 Å². The first-order valence-electron chi connectivity index (χ1n) is 2.32. The predicted octanol–water partition coefficient (Wildman–Crippen LogP) is 0.512. The molecule has 2 N–H and O–H groups in total. The van der Waals surface area contributed by atoms with Crippen LogP contribution in [0, 0.1) is 0 Å². The Balaban J connectivity index is -0.000000107. The quantitative estimate of drug-likeness (QED) is 0.300. The van der Waals surface area contributed by atoms with Crippen LogP contribution in [0.1, 0.15) is 0 Å². The molecule has 0 fully saturated rings. The van der Waals surface area contributed by atoms with Gasteiger partial charge in [-0.05, 0) is 0 Å². The summed E-state index contributed by atoms with van der Waals surface area (Å²) in [4.78, 5) is 18.3. The fraction of sp³-hybridized carbons (Fsp3) is 0. The summed E-state index contributed by atoms with van der Waals surface area (Å²) in [5.41, 5.74) is 0. The summed E-state index contributed by atoms with van der Waals surface area (Å²) < 4.78 is 0. The number of aldehydes is 2. The molecule has 67 valence electrons. The molecule has 0 aromatic heterocycles. The predicted molar refractivity (Wildman–Crippen MR) is 35.7 cm³/mol. The van der Waals surface area contributed by atoms with Crippen LogP contribution in [-0.2, 0) is 26.7 Å². The Morgan fingerprint density at radius 2 is 1.09 bits per heavy atom. The molecule has 0 saturated carbocycles. The average molecular weight is 208 g/mol. The van der Waals surface area contributed by atoms with Gasteiger partial charge < -0.3 is 10.2 Å². The number of aliphatic hydroxyl groups excluding tert-OH is 2. The van der Waals surface area contributed by atoms with E-state index in [4.69, 9.17) is 19.8 Å². The molecule has 0 bridgehead atoms. The molecule has 0 amide bonds. The molecule has 0 aliphatic heterocycles. The van der Waals surface area contributed by atoms with E-state index in [1.54, 1.807) is 0 Å². The van der Waals surface area contributed by atoms with Crippen LogP contribution >= 0.6 is 0 Å². The van der Waals surface area contributed by atoms with Crippen LogP contribution in [0.15, 0.2) is 24.7 Å². The van der Waals surface area contributed by atoms with Crippen molar-refractivity contribution in [2.24, 2.45) is 0 Å². The number of rotatable bonds is 2. The Morgan fingerprint density at radius 3 is 1.09 bits per heavy atom. The monoisotopic (exact) mass is 207 g/mol. The summed E-state index contributed by atoms with van der Waals surface area (Å²) in [7, 11) is 0. The molecule has 0 aliphatic carbocycles. The number of allylic oxidation sites excluding steroid dienone is 2. The van der Waals surface area contributed by atoms with Gasteiger partial charge in [-0.2, -0.15) is 0 Å². The molecule has 1 radical (unpaired) electrons. The SMILES string of the molecule is O=C/C=C\O.O=C/C=C\O.[Cu]. The Labute approximate surface area is 74.7 Å². The van der Waals surface area contributed by atoms with Gasteiger partial charge in [0.2, 0.25) is 0 Å². The van der Waals surface area contributed by atoms with Crippen LogP contribution in [0.25, 0.3) is 0 Å². The molecular weight excluding hydrogens is 200 g/mol. The van der Waals surface area contributed by atoms with Crippen molar-refractivity contribution in [1.82, 2.24) is 0 Å². The second kappa shape index (κ2) is 23.1. The summed E-state index contributed by atoms with van der Waals surface area (Å²) in [6.07, 6.45) is 4.38. The zero-order valence-electron chi connectivity index (χ0n) is 5.48. The van der Waals surface area contributed by atoms with Gasteiger partial charge in [0.15, 0.2) is 0 Å². The molecule has 0 heterocycles. The van der Waals surface area contributed by atoms with E-state index in [9.17, 15) is 0 Å². The number of hydrogen-bond donors (Lipinski definition) is 2. The summed E-state index contributed by atoms with van der Waals surface area (Å²) in [5.74, 6) is 0. The fourth-order valence-electron chi connectivity index (χ4n) is 0.0703. The topological polar surface area (TPSA) is 74.6 Å². The minimum absolute atomic E-state index is 0. The van der Waals surface area contributed by atoms with E-state index in [1.165, 1.54) is 0 Å². The van der Waals surface area contributed by atoms with E-state index in [2.05, 4.69) is 0 Å². The third-order valence-corrected chi connectivity index (χ3v) is 0.329. The molecule has 0 aromatic carbocycles. The minimum atomic E-state index is 0. The van der Waals surface area contributed by atoms with E-state index in [0.717, 1.165) is 12.2 Å². The summed E-state index contributed by atoms with van der Waals surface area (Å²) in [6.45, 7) is 0. The molecule has 0 atom stereocenters. The normalized spacial score (nSPS) is 8.00. The molecule has 0 aliphatic rings. The molecule has 0 aromatic rings. The first-order chi connectivity index (χ1) is 4.83. The van der Waals surface area contributed by atoms with E-state index in [0.29, 0.717) is 25.1 Å². The van der Waals surface area contributed by atoms with Crippen LogP contribution in [-0.4, -0.2) is 22.8 Å². The third kappa shape index (κ3) is 49.8. The summed E-state index contributed by atoms with van der Waals surface area (Å²) in [6, 6.07) is 0. The maximum Gasteiger partial charge on any atom is 0.145 e. The van der Waals surface area contributed by atoms with Crippen molar-refractivity contribution in [3.63, 3.8) is 0 Å². The first-order valence-corrected chi connectivity index (χ1v) is 2.32. The number of carbonyl (C=O) groups excluding carboxylic acids is 2. The van der Waals surface area contributed by atoms with Crippen molar-refractivity contribution >= 4 is 12.6 Å². The van der Waals surface area contributed by atoms with Crippen molar-refractivity contribution in [3.8, 4) is 0 Å². The Hall–Kier alpha value is -1.06. The van der Waals surface area contributed by atoms with Crippen molar-refractivity contribution in [1.29, 1.82) is 0 Å². The maximum atomic E-state index is 9.16. The van der Waals surface area contributed by atoms with E-state index in [1.807, 2.05) is 0 Å². The average Bonchev–Trinajstić information content (AvgIpc) is 1.93. The van der Waals surface area contributed by atoms with Crippen molar-refractivity contribution in [3.05, 3.63) is 24.7 Å². The zero-order valence-corrected chi connectivity index (χ0v) is 6.42. The van der Waals surface area contributed by atoms with Gasteiger partial charge in [-0.3, -0.25) is 9.59 Å². The maximum absolute atomic E-state index is 9.16. The summed E-state index contributed by atoms with van der Waals surface area (Å²) >= 11 is 0. The third-order valence-electron chi connectivity index (χ3n) is 0.329. The van der Waals surface area contributed by atoms with E-state index >= 15 is 0 Å². The van der Waals surface area contributed by atoms with E-state index in [-0.39, 0.29) is 17.1 Å². The van der Waals surface area contributed by atoms with Crippen LogP contribution in [0.2, 0.25) is 0 Å². The largest absolute Gasteiger partial charge is 0.515 e. The van der Waals surface area contributed by atoms with Gasteiger partial charge in [-0.1, -0.05) is 0 Å². The van der Waals surface area contributed by atoms with Crippen molar-refractivity contribution < 1.29 is 36.9 Å². The molecular formula is C6H8CuO4. The van der Waals surface area contributed by atoms with Gasteiger partial charge in [-0.15, -0.1) is 0 Å². The molecule has 5 heteroatoms. The van der Waals surface area contributed by atoms with Gasteiger partial charge in [0.05, 0.1) is 12.5 Å². The number of carbonyl (C=O) groups is 2. The van der Waals surface area contributed by atoms with E-state index < -0.39 is 0 Å². The van der Waals surface area contributed by atoms with Crippen LogP contribution < -0.4 is 0 Å². The second-order valence-electron chi connectivity index (χ2n) is 0.955. The standard InChI is InChI=1S/2C3H4O2.Cu/c2*4-2-1-3-5;/h2*1-4H;/b2*2-1-;. The zero-order chi connectivity index (χ0) is 8.24. The van der Waals surface area contributed by atoms with Gasteiger partial charge >= 0.3 is 0 Å². The van der Waals surface area contributed by atoms with Crippen molar-refractivity contribution in [2.75, 3.05) is 0 Å². The molecule has 0 spiro atoms. The molecule has 4 nitrogen and oxygen atoms in total. The van der Waals surface area contributed by atoms with Crippen LogP contribution in [0.5, 0.6) is 0 Å². The Bertz CT molecular complexity index is 115. The molecule has 0 unspecified atom stereocenters. The Morgan fingerprint density at radius 1 is 0.818 bits per heavy atom. The molecule has 11 heavy (non-hydrogen) atoms. The van der Waals surface area contributed by atoms with Crippen LogP contribution in [0.4, 0.5) is 0 Å². The molecule has 0 saturated heterocycles. The van der Waals surface area contributed by atoms with Gasteiger partial charge in [-0.25, -0.2) is 0 Å². The fourth-order valence-corrected chi connectivity index (χ4v) is 0.0703. The smallest absolute Gasteiger partial charge is 0.145 e. The number of aliphatic hydroxyl groups is 2. The van der Waals surface area contributed by atoms with Gasteiger partial charge in [0, 0.05) is 29.2 Å². The number of hydrogen-bond acceptors (Lipinski definition) is 4. The van der Waals surface area contributed by atoms with Gasteiger partial charge in [0.1, 0.15) is 12.6 Å². The second-order valence-corrected chi connectivity index (χ2v) is 0.955.